The van der Waals surface area contributed by atoms with Crippen molar-refractivity contribution in [3.8, 4) is 0 Å². The fourth-order valence-electron chi connectivity index (χ4n) is 8.36. The molecule has 0 saturated heterocycles. The van der Waals surface area contributed by atoms with Gasteiger partial charge in [-0.25, -0.2) is 4.79 Å². The summed E-state index contributed by atoms with van der Waals surface area (Å²) in [6, 6.07) is 9.51. The lowest BCUT2D eigenvalue weighted by Crippen LogP contribution is -2.52. The molecule has 4 aliphatic carbocycles. The number of carbonyl (C=O) groups is 1. The fraction of sp³-hybridized carbons (Fsp3) is 0.710. The summed E-state index contributed by atoms with van der Waals surface area (Å²) >= 11 is 0. The first-order valence-corrected chi connectivity index (χ1v) is 14.0. The quantitative estimate of drug-likeness (QED) is 0.254. The average Bonchev–Trinajstić information content (AvgIpc) is 3.18. The Hall–Kier alpha value is -1.65. The highest BCUT2D eigenvalue weighted by Crippen LogP contribution is 2.65. The molecule has 0 N–H and O–H groups in total. The summed E-state index contributed by atoms with van der Waals surface area (Å²) in [5.74, 6) is 2.05. The molecular weight excluding hydrogens is 434 g/mol. The van der Waals surface area contributed by atoms with Gasteiger partial charge < -0.3 is 14.4 Å². The summed E-state index contributed by atoms with van der Waals surface area (Å²) < 4.78 is 12.5. The summed E-state index contributed by atoms with van der Waals surface area (Å²) in [7, 11) is 4.25. The first kappa shape index (κ1) is 25.0. The van der Waals surface area contributed by atoms with Gasteiger partial charge in [0, 0.05) is 12.0 Å². The lowest BCUT2D eigenvalue weighted by molar-refractivity contribution is -0.0837. The van der Waals surface area contributed by atoms with Gasteiger partial charge in [-0.2, -0.15) is 0 Å². The Kier molecular flexibility index (Phi) is 7.16. The molecule has 4 aliphatic rings. The average molecular weight is 480 g/mol. The molecule has 3 fully saturated rings. The van der Waals surface area contributed by atoms with E-state index in [0.717, 1.165) is 44.2 Å². The number of esters is 1. The third-order valence-corrected chi connectivity index (χ3v) is 10.3. The van der Waals surface area contributed by atoms with E-state index in [1.54, 1.807) is 5.57 Å². The van der Waals surface area contributed by atoms with Gasteiger partial charge in [0.25, 0.3) is 0 Å². The number of hydrogen-bond acceptors (Lipinski definition) is 4. The van der Waals surface area contributed by atoms with Crippen molar-refractivity contribution in [2.75, 3.05) is 27.2 Å². The number of fused-ring (bicyclic) bond motifs is 5. The zero-order valence-electron chi connectivity index (χ0n) is 22.3. The number of carbonyl (C=O) groups excluding carboxylic acids is 1. The van der Waals surface area contributed by atoms with Gasteiger partial charge in [-0.15, -0.1) is 0 Å². The first-order chi connectivity index (χ1) is 16.8. The second-order valence-corrected chi connectivity index (χ2v) is 12.5. The van der Waals surface area contributed by atoms with Crippen LogP contribution in [-0.4, -0.2) is 50.3 Å². The van der Waals surface area contributed by atoms with Crippen LogP contribution in [0.3, 0.4) is 0 Å². The monoisotopic (exact) mass is 479 g/mol. The Morgan fingerprint density at radius 1 is 1.00 bits per heavy atom. The van der Waals surface area contributed by atoms with Gasteiger partial charge in [0.2, 0.25) is 0 Å². The van der Waals surface area contributed by atoms with Crippen molar-refractivity contribution in [2.24, 2.45) is 28.6 Å². The second kappa shape index (κ2) is 10.0. The molecule has 1 aromatic rings. The summed E-state index contributed by atoms with van der Waals surface area (Å²) in [6.07, 6.45) is 13.6. The van der Waals surface area contributed by atoms with E-state index in [1.165, 1.54) is 38.5 Å². The highest BCUT2D eigenvalue weighted by molar-refractivity contribution is 5.89. The van der Waals surface area contributed by atoms with Crippen LogP contribution in [0.25, 0.3) is 0 Å². The van der Waals surface area contributed by atoms with E-state index in [0.29, 0.717) is 23.0 Å². The molecule has 0 heterocycles. The van der Waals surface area contributed by atoms with Crippen LogP contribution in [0.15, 0.2) is 42.0 Å². The molecule has 0 amide bonds. The van der Waals surface area contributed by atoms with E-state index >= 15 is 0 Å². The van der Waals surface area contributed by atoms with Gasteiger partial charge in [-0.1, -0.05) is 43.7 Å². The van der Waals surface area contributed by atoms with Crippen molar-refractivity contribution in [1.82, 2.24) is 4.90 Å². The Morgan fingerprint density at radius 3 is 2.57 bits per heavy atom. The van der Waals surface area contributed by atoms with Crippen LogP contribution >= 0.6 is 0 Å². The molecule has 0 bridgehead atoms. The lowest BCUT2D eigenvalue weighted by Gasteiger charge is -2.58. The van der Waals surface area contributed by atoms with Gasteiger partial charge in [0.05, 0.1) is 11.7 Å². The van der Waals surface area contributed by atoms with Crippen LogP contribution in [-0.2, 0) is 9.47 Å². The van der Waals surface area contributed by atoms with Crippen LogP contribution in [0.5, 0.6) is 0 Å². The minimum absolute atomic E-state index is 0.0530. The number of allylic oxidation sites excluding steroid dienone is 1. The third-order valence-electron chi connectivity index (χ3n) is 10.3. The lowest BCUT2D eigenvalue weighted by atomic mass is 9.47. The standard InChI is InChI=1S/C31H45NO3/c1-30-17-15-24(34-20-8-19-32(3)4)21-23(30)11-12-25-26-13-14-28(31(26,2)18-16-27(25)30)35-29(33)22-9-6-5-7-10-22/h5-7,9-10,21,24-28H,8,11-20H2,1-4H3. The van der Waals surface area contributed by atoms with E-state index in [4.69, 9.17) is 9.47 Å². The Bertz CT molecular complexity index is 926. The van der Waals surface area contributed by atoms with E-state index in [9.17, 15) is 4.79 Å². The molecule has 0 aromatic heterocycles. The molecule has 7 atom stereocenters. The summed E-state index contributed by atoms with van der Waals surface area (Å²) in [5.41, 5.74) is 2.80. The normalized spacial score (nSPS) is 38.3. The van der Waals surface area contributed by atoms with Gasteiger partial charge in [-0.3, -0.25) is 0 Å². The van der Waals surface area contributed by atoms with Crippen molar-refractivity contribution in [3.63, 3.8) is 0 Å². The molecule has 5 rings (SSSR count). The smallest absolute Gasteiger partial charge is 0.338 e. The van der Waals surface area contributed by atoms with Crippen LogP contribution < -0.4 is 0 Å². The molecule has 3 saturated carbocycles. The molecule has 35 heavy (non-hydrogen) atoms. The summed E-state index contributed by atoms with van der Waals surface area (Å²) in [6.45, 7) is 6.93. The maximum absolute atomic E-state index is 12.9. The fourth-order valence-corrected chi connectivity index (χ4v) is 8.36. The van der Waals surface area contributed by atoms with Gasteiger partial charge >= 0.3 is 5.97 Å². The van der Waals surface area contributed by atoms with Crippen LogP contribution in [0.1, 0.15) is 82.0 Å². The van der Waals surface area contributed by atoms with E-state index in [-0.39, 0.29) is 17.5 Å². The Labute approximate surface area is 212 Å². The minimum atomic E-state index is -0.149. The molecular formula is C31H45NO3. The molecule has 0 spiro atoms. The largest absolute Gasteiger partial charge is 0.458 e. The first-order valence-electron chi connectivity index (χ1n) is 14.0. The number of benzene rings is 1. The highest BCUT2D eigenvalue weighted by Gasteiger charge is 2.60. The maximum atomic E-state index is 12.9. The van der Waals surface area contributed by atoms with Gasteiger partial charge in [0.1, 0.15) is 6.10 Å². The molecule has 192 valence electrons. The van der Waals surface area contributed by atoms with E-state index in [1.807, 2.05) is 30.3 Å². The molecule has 0 aliphatic heterocycles. The SMILES string of the molecule is CN(C)CCCOC1C=C2CCC3C(CCC4(C)C(OC(=O)c5ccccc5)CCC34)C2(C)CC1. The van der Waals surface area contributed by atoms with E-state index in [2.05, 4.69) is 38.9 Å². The second-order valence-electron chi connectivity index (χ2n) is 12.5. The number of ether oxygens (including phenoxy) is 2. The number of rotatable bonds is 7. The van der Waals surface area contributed by atoms with Gasteiger partial charge in [-0.05, 0) is 114 Å². The molecule has 4 heteroatoms. The molecule has 7 unspecified atom stereocenters. The van der Waals surface area contributed by atoms with Crippen molar-refractivity contribution >= 4 is 5.97 Å². The van der Waals surface area contributed by atoms with Crippen LogP contribution in [0, 0.1) is 28.6 Å². The predicted molar refractivity (Wildman–Crippen MR) is 140 cm³/mol. The zero-order valence-corrected chi connectivity index (χ0v) is 22.3. The number of hydrogen-bond donors (Lipinski definition) is 0. The van der Waals surface area contributed by atoms with Crippen LogP contribution in [0.4, 0.5) is 0 Å². The molecule has 1 aromatic carbocycles. The minimum Gasteiger partial charge on any atom is -0.458 e. The van der Waals surface area contributed by atoms with Crippen molar-refractivity contribution in [1.29, 1.82) is 0 Å². The summed E-state index contributed by atoms with van der Waals surface area (Å²) in [4.78, 5) is 15.1. The number of nitrogens with zero attached hydrogens (tertiary/aromatic N) is 1. The maximum Gasteiger partial charge on any atom is 0.338 e. The Balaban J connectivity index is 1.25. The van der Waals surface area contributed by atoms with E-state index < -0.39 is 0 Å². The topological polar surface area (TPSA) is 38.8 Å². The third kappa shape index (κ3) is 4.73. The van der Waals surface area contributed by atoms with Crippen LogP contribution in [0.2, 0.25) is 0 Å². The summed E-state index contributed by atoms with van der Waals surface area (Å²) in [5, 5.41) is 0. The van der Waals surface area contributed by atoms with Gasteiger partial charge in [0.15, 0.2) is 0 Å². The Morgan fingerprint density at radius 2 is 1.80 bits per heavy atom. The van der Waals surface area contributed by atoms with Crippen molar-refractivity contribution in [3.05, 3.63) is 47.5 Å². The highest BCUT2D eigenvalue weighted by atomic mass is 16.5. The zero-order chi connectivity index (χ0) is 24.6. The van der Waals surface area contributed by atoms with Crippen molar-refractivity contribution < 1.29 is 14.3 Å². The molecule has 0 radical (unpaired) electrons. The van der Waals surface area contributed by atoms with Crippen molar-refractivity contribution in [2.45, 2.75) is 83.8 Å². The predicted octanol–water partition coefficient (Wildman–Crippen LogP) is 6.51. The molecule has 4 nitrogen and oxygen atoms in total.